The number of aliphatic imine (C=N–C) groups is 1. The second-order valence-electron chi connectivity index (χ2n) is 7.87. The highest BCUT2D eigenvalue weighted by atomic mass is 16.3. The van der Waals surface area contributed by atoms with Crippen molar-refractivity contribution >= 4 is 5.84 Å². The molecule has 2 aliphatic rings. The van der Waals surface area contributed by atoms with Gasteiger partial charge in [0.1, 0.15) is 12.1 Å². The van der Waals surface area contributed by atoms with Crippen LogP contribution >= 0.6 is 0 Å². The summed E-state index contributed by atoms with van der Waals surface area (Å²) in [6.07, 6.45) is 19.4. The van der Waals surface area contributed by atoms with Crippen molar-refractivity contribution in [1.29, 1.82) is 0 Å². The van der Waals surface area contributed by atoms with Gasteiger partial charge in [-0.1, -0.05) is 71.1 Å². The van der Waals surface area contributed by atoms with Gasteiger partial charge in [0.2, 0.25) is 0 Å². The maximum absolute atomic E-state index is 10.3. The molecule has 140 valence electrons. The van der Waals surface area contributed by atoms with Crippen LogP contribution in [0.1, 0.15) is 103 Å². The van der Waals surface area contributed by atoms with Crippen LogP contribution in [0.3, 0.4) is 0 Å². The monoisotopic (exact) mass is 336 g/mol. The van der Waals surface area contributed by atoms with Crippen LogP contribution in [0.4, 0.5) is 0 Å². The van der Waals surface area contributed by atoms with Crippen LogP contribution in [0.25, 0.3) is 0 Å². The summed E-state index contributed by atoms with van der Waals surface area (Å²) < 4.78 is 0. The van der Waals surface area contributed by atoms with Gasteiger partial charge in [0.05, 0.1) is 0 Å². The van der Waals surface area contributed by atoms with Gasteiger partial charge in [0, 0.05) is 19.0 Å². The molecule has 0 aromatic rings. The first-order valence-corrected chi connectivity index (χ1v) is 10.8. The summed E-state index contributed by atoms with van der Waals surface area (Å²) in [6, 6.07) is 0. The zero-order chi connectivity index (χ0) is 17.0. The average Bonchev–Trinajstić information content (AvgIpc) is 2.76. The molecule has 0 saturated carbocycles. The Morgan fingerprint density at radius 1 is 0.917 bits per heavy atom. The lowest BCUT2D eigenvalue weighted by atomic mass is 9.94. The summed E-state index contributed by atoms with van der Waals surface area (Å²) in [4.78, 5) is 7.00. The second-order valence-corrected chi connectivity index (χ2v) is 7.87. The lowest BCUT2D eigenvalue weighted by molar-refractivity contribution is 0.0439. The van der Waals surface area contributed by atoms with Crippen LogP contribution in [0.15, 0.2) is 4.99 Å². The molecule has 1 N–H and O–H groups in total. The first kappa shape index (κ1) is 19.8. The van der Waals surface area contributed by atoms with E-state index in [1.165, 1.54) is 82.9 Å². The molecule has 1 saturated heterocycles. The summed E-state index contributed by atoms with van der Waals surface area (Å²) in [5.41, 5.74) is 0. The molecule has 0 aliphatic carbocycles. The Kier molecular flexibility index (Phi) is 9.79. The molecule has 24 heavy (non-hydrogen) atoms. The summed E-state index contributed by atoms with van der Waals surface area (Å²) in [7, 11) is 0. The van der Waals surface area contributed by atoms with Crippen molar-refractivity contribution in [1.82, 2.24) is 4.90 Å². The third kappa shape index (κ3) is 6.74. The van der Waals surface area contributed by atoms with Crippen molar-refractivity contribution in [2.75, 3.05) is 13.1 Å². The quantitative estimate of drug-likeness (QED) is 0.504. The Morgan fingerprint density at radius 2 is 1.58 bits per heavy atom. The highest BCUT2D eigenvalue weighted by Gasteiger charge is 2.30. The van der Waals surface area contributed by atoms with E-state index in [9.17, 15) is 5.11 Å². The van der Waals surface area contributed by atoms with E-state index < -0.39 is 0 Å². The maximum atomic E-state index is 10.3. The maximum Gasteiger partial charge on any atom is 0.127 e. The number of hydrogen-bond donors (Lipinski definition) is 1. The van der Waals surface area contributed by atoms with Gasteiger partial charge in [-0.15, -0.1) is 0 Å². The highest BCUT2D eigenvalue weighted by molar-refractivity contribution is 5.85. The van der Waals surface area contributed by atoms with Crippen LogP contribution in [0.5, 0.6) is 0 Å². The molecule has 0 aromatic carbocycles. The molecule has 2 rings (SSSR count). The van der Waals surface area contributed by atoms with Crippen molar-refractivity contribution in [3.8, 4) is 0 Å². The number of rotatable bonds is 11. The van der Waals surface area contributed by atoms with Gasteiger partial charge in [-0.3, -0.25) is 4.99 Å². The molecule has 0 spiro atoms. The first-order chi connectivity index (χ1) is 11.8. The van der Waals surface area contributed by atoms with Crippen molar-refractivity contribution in [2.24, 2.45) is 10.9 Å². The normalized spacial score (nSPS) is 24.4. The van der Waals surface area contributed by atoms with E-state index in [4.69, 9.17) is 4.99 Å². The van der Waals surface area contributed by atoms with E-state index in [0.717, 1.165) is 32.4 Å². The minimum absolute atomic E-state index is 0.276. The van der Waals surface area contributed by atoms with E-state index in [-0.39, 0.29) is 6.23 Å². The van der Waals surface area contributed by atoms with Crippen LogP contribution in [0, 0.1) is 5.92 Å². The number of aliphatic hydroxyl groups excluding tert-OH is 1. The number of hydrogen-bond acceptors (Lipinski definition) is 3. The van der Waals surface area contributed by atoms with E-state index in [1.807, 2.05) is 0 Å². The fraction of sp³-hybridized carbons (Fsp3) is 0.952. The van der Waals surface area contributed by atoms with Gasteiger partial charge in [-0.05, 0) is 32.1 Å². The van der Waals surface area contributed by atoms with Crippen molar-refractivity contribution in [2.45, 2.75) is 109 Å². The standard InChI is InChI=1S/C21H40N2O/c1-2-3-4-5-6-7-8-9-10-11-14-19-15-12-16-20(24)23-18-13-17-22-21(19)23/h19-20,24H,2-18H2,1H3. The number of nitrogens with zero attached hydrogens (tertiary/aromatic N) is 2. The molecule has 0 aromatic heterocycles. The number of aliphatic hydroxyl groups is 1. The van der Waals surface area contributed by atoms with Crippen LogP contribution in [-0.2, 0) is 0 Å². The summed E-state index contributed by atoms with van der Waals surface area (Å²) in [5, 5.41) is 10.3. The molecule has 3 nitrogen and oxygen atoms in total. The fourth-order valence-corrected chi connectivity index (χ4v) is 4.29. The molecule has 0 amide bonds. The van der Waals surface area contributed by atoms with Gasteiger partial charge in [-0.2, -0.15) is 0 Å². The zero-order valence-electron chi connectivity index (χ0n) is 16.0. The number of fused-ring (bicyclic) bond motifs is 1. The van der Waals surface area contributed by atoms with Gasteiger partial charge in [0.25, 0.3) is 0 Å². The Labute approximate surface area is 149 Å². The number of unbranched alkanes of at least 4 members (excludes halogenated alkanes) is 9. The smallest absolute Gasteiger partial charge is 0.127 e. The Morgan fingerprint density at radius 3 is 2.29 bits per heavy atom. The SMILES string of the molecule is CCCCCCCCCCCCC1CCCC(O)N2CCCN=C12. The molecule has 0 bridgehead atoms. The third-order valence-electron chi connectivity index (χ3n) is 5.77. The van der Waals surface area contributed by atoms with E-state index in [0.29, 0.717) is 5.92 Å². The Hall–Kier alpha value is -0.570. The lowest BCUT2D eigenvalue weighted by Gasteiger charge is -2.34. The van der Waals surface area contributed by atoms with Crippen molar-refractivity contribution < 1.29 is 5.11 Å². The van der Waals surface area contributed by atoms with Gasteiger partial charge in [0.15, 0.2) is 0 Å². The Bertz CT molecular complexity index is 356. The molecule has 2 atom stereocenters. The molecule has 2 heterocycles. The minimum Gasteiger partial charge on any atom is -0.374 e. The largest absolute Gasteiger partial charge is 0.374 e. The topological polar surface area (TPSA) is 35.8 Å². The van der Waals surface area contributed by atoms with Crippen LogP contribution in [-0.4, -0.2) is 35.2 Å². The van der Waals surface area contributed by atoms with E-state index >= 15 is 0 Å². The third-order valence-corrected chi connectivity index (χ3v) is 5.77. The molecule has 0 radical (unpaired) electrons. The summed E-state index contributed by atoms with van der Waals surface area (Å²) >= 11 is 0. The highest BCUT2D eigenvalue weighted by Crippen LogP contribution is 2.28. The molecule has 1 fully saturated rings. The predicted molar refractivity (Wildman–Crippen MR) is 103 cm³/mol. The average molecular weight is 337 g/mol. The predicted octanol–water partition coefficient (Wildman–Crippen LogP) is 5.52. The van der Waals surface area contributed by atoms with E-state index in [2.05, 4.69) is 11.8 Å². The molecule has 2 aliphatic heterocycles. The Balaban J connectivity index is 1.57. The zero-order valence-corrected chi connectivity index (χ0v) is 16.0. The second kappa shape index (κ2) is 11.9. The number of amidine groups is 1. The molecular weight excluding hydrogens is 296 g/mol. The van der Waals surface area contributed by atoms with Crippen LogP contribution in [0.2, 0.25) is 0 Å². The van der Waals surface area contributed by atoms with Crippen molar-refractivity contribution in [3.05, 3.63) is 0 Å². The summed E-state index contributed by atoms with van der Waals surface area (Å²) in [5.74, 6) is 1.85. The van der Waals surface area contributed by atoms with Gasteiger partial charge in [-0.25, -0.2) is 0 Å². The molecular formula is C21H40N2O. The fourth-order valence-electron chi connectivity index (χ4n) is 4.29. The van der Waals surface area contributed by atoms with Gasteiger partial charge < -0.3 is 10.0 Å². The van der Waals surface area contributed by atoms with Crippen LogP contribution < -0.4 is 0 Å². The van der Waals surface area contributed by atoms with E-state index in [1.54, 1.807) is 0 Å². The summed E-state index contributed by atoms with van der Waals surface area (Å²) in [6.45, 7) is 4.26. The van der Waals surface area contributed by atoms with Crippen molar-refractivity contribution in [3.63, 3.8) is 0 Å². The first-order valence-electron chi connectivity index (χ1n) is 10.8. The molecule has 2 unspecified atom stereocenters. The minimum atomic E-state index is -0.276. The van der Waals surface area contributed by atoms with Gasteiger partial charge >= 0.3 is 0 Å². The molecule has 3 heteroatoms. The lowest BCUT2D eigenvalue weighted by Crippen LogP contribution is -2.44.